The van der Waals surface area contributed by atoms with Crippen LogP contribution in [0.5, 0.6) is 0 Å². The molecule has 0 unspecified atom stereocenters. The van der Waals surface area contributed by atoms with Crippen LogP contribution in [0.2, 0.25) is 5.02 Å². The smallest absolute Gasteiger partial charge is 0.187 e. The molecule has 1 aromatic carbocycles. The average Bonchev–Trinajstić information content (AvgIpc) is 2.12. The van der Waals surface area contributed by atoms with Crippen LogP contribution in [-0.4, -0.2) is 19.7 Å². The quantitative estimate of drug-likeness (QED) is 0.763. The summed E-state index contributed by atoms with van der Waals surface area (Å²) in [6.07, 6.45) is 0. The highest BCUT2D eigenvalue weighted by molar-refractivity contribution is 7.93. The van der Waals surface area contributed by atoms with Gasteiger partial charge in [0.15, 0.2) is 9.84 Å². The molecule has 0 bridgehead atoms. The summed E-state index contributed by atoms with van der Waals surface area (Å²) in [7, 11) is -3.26. The monoisotopic (exact) mass is 245 g/mol. The molecule has 0 aromatic heterocycles. The molecule has 15 heavy (non-hydrogen) atoms. The number of halogens is 1. The van der Waals surface area contributed by atoms with Crippen LogP contribution in [0, 0.1) is 0 Å². The number of rotatable bonds is 0. The molecule has 1 N–H and O–H groups in total. The number of nitrogens with one attached hydrogen (secondary N) is 1. The molecule has 82 valence electrons. The SMILES string of the molecule is CC1(C)CNc2cc(Cl)ccc2S1(=O)=O. The maximum Gasteiger partial charge on any atom is 0.187 e. The Labute approximate surface area is 94.4 Å². The van der Waals surface area contributed by atoms with E-state index in [9.17, 15) is 8.42 Å². The Hall–Kier alpha value is -0.740. The Morgan fingerprint density at radius 2 is 2.07 bits per heavy atom. The standard InChI is InChI=1S/C10H12ClNO2S/c1-10(2)6-12-8-5-7(11)3-4-9(8)15(10,13)14/h3-5,12H,6H2,1-2H3. The molecule has 0 aliphatic carbocycles. The van der Waals surface area contributed by atoms with Crippen molar-refractivity contribution in [2.45, 2.75) is 23.5 Å². The fraction of sp³-hybridized carbons (Fsp3) is 0.400. The van der Waals surface area contributed by atoms with Gasteiger partial charge in [0.1, 0.15) is 0 Å². The number of sulfone groups is 1. The van der Waals surface area contributed by atoms with Gasteiger partial charge in [-0.15, -0.1) is 0 Å². The number of hydrogen-bond acceptors (Lipinski definition) is 3. The van der Waals surface area contributed by atoms with Gasteiger partial charge in [-0.2, -0.15) is 0 Å². The van der Waals surface area contributed by atoms with Gasteiger partial charge in [0.05, 0.1) is 15.3 Å². The van der Waals surface area contributed by atoms with E-state index in [1.807, 2.05) is 0 Å². The summed E-state index contributed by atoms with van der Waals surface area (Å²) in [5.74, 6) is 0. The van der Waals surface area contributed by atoms with E-state index in [4.69, 9.17) is 11.6 Å². The Kier molecular flexibility index (Phi) is 2.24. The lowest BCUT2D eigenvalue weighted by Crippen LogP contribution is -2.42. The molecule has 0 amide bonds. The van der Waals surface area contributed by atoms with Crippen molar-refractivity contribution in [1.29, 1.82) is 0 Å². The van der Waals surface area contributed by atoms with E-state index in [0.717, 1.165) is 0 Å². The summed E-state index contributed by atoms with van der Waals surface area (Å²) in [5, 5.41) is 3.62. The molecule has 5 heteroatoms. The largest absolute Gasteiger partial charge is 0.382 e. The third kappa shape index (κ3) is 1.52. The molecule has 1 heterocycles. The van der Waals surface area contributed by atoms with E-state index in [2.05, 4.69) is 5.32 Å². The highest BCUT2D eigenvalue weighted by atomic mass is 35.5. The fourth-order valence-electron chi connectivity index (χ4n) is 1.58. The van der Waals surface area contributed by atoms with Gasteiger partial charge in [-0.1, -0.05) is 11.6 Å². The predicted molar refractivity (Wildman–Crippen MR) is 61.2 cm³/mol. The summed E-state index contributed by atoms with van der Waals surface area (Å²) in [4.78, 5) is 0.336. The first kappa shape index (κ1) is 10.8. The normalized spacial score (nSPS) is 21.5. The number of anilines is 1. The molecule has 1 aliphatic rings. The van der Waals surface area contributed by atoms with E-state index < -0.39 is 14.6 Å². The predicted octanol–water partition coefficient (Wildman–Crippen LogP) is 2.32. The van der Waals surface area contributed by atoms with Crippen LogP contribution in [0.1, 0.15) is 13.8 Å². The molecular weight excluding hydrogens is 234 g/mol. The second-order valence-electron chi connectivity index (χ2n) is 4.26. The number of benzene rings is 1. The van der Waals surface area contributed by atoms with Crippen LogP contribution in [-0.2, 0) is 9.84 Å². The highest BCUT2D eigenvalue weighted by Crippen LogP contribution is 2.36. The van der Waals surface area contributed by atoms with Gasteiger partial charge in [0.25, 0.3) is 0 Å². The summed E-state index contributed by atoms with van der Waals surface area (Å²) >= 11 is 5.81. The molecule has 0 saturated carbocycles. The van der Waals surface area contributed by atoms with E-state index in [1.54, 1.807) is 32.0 Å². The van der Waals surface area contributed by atoms with Crippen molar-refractivity contribution < 1.29 is 8.42 Å². The molecule has 0 saturated heterocycles. The van der Waals surface area contributed by atoms with Crippen molar-refractivity contribution in [3.8, 4) is 0 Å². The van der Waals surface area contributed by atoms with Crippen LogP contribution in [0.25, 0.3) is 0 Å². The molecule has 0 atom stereocenters. The first-order valence-electron chi connectivity index (χ1n) is 4.63. The zero-order valence-electron chi connectivity index (χ0n) is 8.54. The van der Waals surface area contributed by atoms with Crippen molar-refractivity contribution in [2.75, 3.05) is 11.9 Å². The van der Waals surface area contributed by atoms with Crippen molar-refractivity contribution >= 4 is 27.1 Å². The first-order valence-corrected chi connectivity index (χ1v) is 6.49. The van der Waals surface area contributed by atoms with Crippen LogP contribution in [0.4, 0.5) is 5.69 Å². The fourth-order valence-corrected chi connectivity index (χ4v) is 3.27. The van der Waals surface area contributed by atoms with Crippen molar-refractivity contribution in [3.05, 3.63) is 23.2 Å². The van der Waals surface area contributed by atoms with Gasteiger partial charge in [0.2, 0.25) is 0 Å². The lowest BCUT2D eigenvalue weighted by Gasteiger charge is -2.32. The minimum absolute atomic E-state index is 0.336. The maximum absolute atomic E-state index is 12.2. The van der Waals surface area contributed by atoms with Gasteiger partial charge in [-0.25, -0.2) is 8.42 Å². The van der Waals surface area contributed by atoms with Crippen LogP contribution in [0.15, 0.2) is 23.1 Å². The van der Waals surface area contributed by atoms with Crippen molar-refractivity contribution in [3.63, 3.8) is 0 Å². The molecule has 0 radical (unpaired) electrons. The molecular formula is C10H12ClNO2S. The summed E-state index contributed by atoms with van der Waals surface area (Å²) in [6.45, 7) is 3.84. The Morgan fingerprint density at radius 1 is 1.40 bits per heavy atom. The molecule has 1 aromatic rings. The van der Waals surface area contributed by atoms with Gasteiger partial charge in [-0.05, 0) is 32.0 Å². The van der Waals surface area contributed by atoms with E-state index >= 15 is 0 Å². The topological polar surface area (TPSA) is 46.2 Å². The second-order valence-corrected chi connectivity index (χ2v) is 7.25. The maximum atomic E-state index is 12.2. The van der Waals surface area contributed by atoms with Gasteiger partial charge >= 0.3 is 0 Å². The van der Waals surface area contributed by atoms with E-state index in [-0.39, 0.29) is 0 Å². The minimum atomic E-state index is -3.26. The lowest BCUT2D eigenvalue weighted by molar-refractivity contribution is 0.548. The molecule has 3 nitrogen and oxygen atoms in total. The zero-order valence-corrected chi connectivity index (χ0v) is 10.1. The lowest BCUT2D eigenvalue weighted by atomic mass is 10.2. The minimum Gasteiger partial charge on any atom is -0.382 e. The second kappa shape index (κ2) is 3.12. The summed E-state index contributed by atoms with van der Waals surface area (Å²) < 4.78 is 23.5. The highest BCUT2D eigenvalue weighted by Gasteiger charge is 2.40. The van der Waals surface area contributed by atoms with Gasteiger partial charge in [0, 0.05) is 11.6 Å². The zero-order chi connectivity index (χ0) is 11.3. The van der Waals surface area contributed by atoms with Crippen molar-refractivity contribution in [1.82, 2.24) is 0 Å². The molecule has 1 aliphatic heterocycles. The van der Waals surface area contributed by atoms with Crippen molar-refractivity contribution in [2.24, 2.45) is 0 Å². The van der Waals surface area contributed by atoms with Crippen LogP contribution in [0.3, 0.4) is 0 Å². The van der Waals surface area contributed by atoms with Gasteiger partial charge in [-0.3, -0.25) is 0 Å². The Morgan fingerprint density at radius 3 is 2.73 bits per heavy atom. The van der Waals surface area contributed by atoms with Crippen LogP contribution < -0.4 is 5.32 Å². The first-order chi connectivity index (χ1) is 6.84. The number of hydrogen-bond donors (Lipinski definition) is 1. The summed E-state index contributed by atoms with van der Waals surface area (Å²) in [5.41, 5.74) is 0.599. The Bertz CT molecular complexity index is 508. The number of fused-ring (bicyclic) bond motifs is 1. The van der Waals surface area contributed by atoms with Gasteiger partial charge < -0.3 is 5.32 Å². The summed E-state index contributed by atoms with van der Waals surface area (Å²) in [6, 6.07) is 4.80. The third-order valence-corrected chi connectivity index (χ3v) is 5.43. The van der Waals surface area contributed by atoms with Crippen LogP contribution >= 0.6 is 11.6 Å². The van der Waals surface area contributed by atoms with E-state index in [1.165, 1.54) is 0 Å². The molecule has 2 rings (SSSR count). The Balaban J connectivity index is 2.69. The molecule has 0 spiro atoms. The van der Waals surface area contributed by atoms with E-state index in [0.29, 0.717) is 22.2 Å². The molecule has 0 fully saturated rings. The average molecular weight is 246 g/mol. The third-order valence-electron chi connectivity index (χ3n) is 2.66.